The molecule has 30 heavy (non-hydrogen) atoms. The molecule has 6 nitrogen and oxygen atoms in total. The number of anilines is 1. The lowest BCUT2D eigenvalue weighted by molar-refractivity contribution is -0.118. The highest BCUT2D eigenvalue weighted by Gasteiger charge is 2.11. The summed E-state index contributed by atoms with van der Waals surface area (Å²) < 4.78 is 21.9. The summed E-state index contributed by atoms with van der Waals surface area (Å²) in [5.74, 6) is 2.21. The molecule has 0 unspecified atom stereocenters. The fourth-order valence-electron chi connectivity index (χ4n) is 2.82. The second kappa shape index (κ2) is 10.2. The van der Waals surface area contributed by atoms with Crippen LogP contribution in [0.25, 0.3) is 0 Å². The third-order valence-electron chi connectivity index (χ3n) is 4.45. The van der Waals surface area contributed by atoms with Crippen molar-refractivity contribution in [2.45, 2.75) is 13.5 Å². The summed E-state index contributed by atoms with van der Waals surface area (Å²) in [4.78, 5) is 12.3. The van der Waals surface area contributed by atoms with Gasteiger partial charge < -0.3 is 24.3 Å². The van der Waals surface area contributed by atoms with E-state index in [-0.39, 0.29) is 12.5 Å². The van der Waals surface area contributed by atoms with Gasteiger partial charge in [-0.3, -0.25) is 4.79 Å². The van der Waals surface area contributed by atoms with Crippen LogP contribution in [-0.4, -0.2) is 26.7 Å². The number of carbonyl (C=O) groups excluding carboxylic acids is 1. The average Bonchev–Trinajstić information content (AvgIpc) is 2.78. The van der Waals surface area contributed by atoms with Crippen molar-refractivity contribution in [1.29, 1.82) is 0 Å². The van der Waals surface area contributed by atoms with E-state index < -0.39 is 0 Å². The smallest absolute Gasteiger partial charge is 0.262 e. The molecule has 0 radical (unpaired) electrons. The third-order valence-corrected chi connectivity index (χ3v) is 4.45. The second-order valence-corrected chi connectivity index (χ2v) is 6.60. The maximum absolute atomic E-state index is 12.3. The van der Waals surface area contributed by atoms with Crippen LogP contribution in [0.15, 0.2) is 66.7 Å². The van der Waals surface area contributed by atoms with Gasteiger partial charge in [0.2, 0.25) is 0 Å². The molecule has 6 heteroatoms. The Morgan fingerprint density at radius 3 is 2.07 bits per heavy atom. The van der Waals surface area contributed by atoms with E-state index in [0.717, 1.165) is 16.9 Å². The molecule has 0 aliphatic heterocycles. The van der Waals surface area contributed by atoms with Gasteiger partial charge in [-0.15, -0.1) is 0 Å². The number of hydrogen-bond acceptors (Lipinski definition) is 5. The molecule has 0 bridgehead atoms. The van der Waals surface area contributed by atoms with Gasteiger partial charge in [-0.25, -0.2) is 0 Å². The molecule has 1 N–H and O–H groups in total. The molecule has 3 aromatic carbocycles. The van der Waals surface area contributed by atoms with E-state index in [0.29, 0.717) is 29.5 Å². The number of hydrogen-bond donors (Lipinski definition) is 1. The Morgan fingerprint density at radius 1 is 0.833 bits per heavy atom. The van der Waals surface area contributed by atoms with Crippen molar-refractivity contribution in [3.63, 3.8) is 0 Å². The van der Waals surface area contributed by atoms with Gasteiger partial charge in [0.05, 0.1) is 14.2 Å². The summed E-state index contributed by atoms with van der Waals surface area (Å²) in [7, 11) is 3.12. The molecular weight excluding hydrogens is 382 g/mol. The molecule has 0 saturated heterocycles. The van der Waals surface area contributed by atoms with E-state index in [9.17, 15) is 4.79 Å². The topological polar surface area (TPSA) is 66.0 Å². The summed E-state index contributed by atoms with van der Waals surface area (Å²) in [5, 5.41) is 2.83. The van der Waals surface area contributed by atoms with Crippen molar-refractivity contribution in [3.05, 3.63) is 77.9 Å². The summed E-state index contributed by atoms with van der Waals surface area (Å²) >= 11 is 0. The number of nitrogens with one attached hydrogen (secondary N) is 1. The van der Waals surface area contributed by atoms with E-state index >= 15 is 0 Å². The molecular formula is C24H25NO5. The predicted molar refractivity (Wildman–Crippen MR) is 116 cm³/mol. The maximum atomic E-state index is 12.3. The van der Waals surface area contributed by atoms with E-state index in [2.05, 4.69) is 5.32 Å². The van der Waals surface area contributed by atoms with Crippen LogP contribution < -0.4 is 24.3 Å². The number of ether oxygens (including phenoxy) is 4. The highest BCUT2D eigenvalue weighted by atomic mass is 16.5. The minimum Gasteiger partial charge on any atom is -0.493 e. The average molecular weight is 407 g/mol. The quantitative estimate of drug-likeness (QED) is 0.561. The summed E-state index contributed by atoms with van der Waals surface area (Å²) in [6, 6.07) is 20.7. The van der Waals surface area contributed by atoms with Gasteiger partial charge >= 0.3 is 0 Å². The molecule has 0 spiro atoms. The molecule has 0 aliphatic carbocycles. The highest BCUT2D eigenvalue weighted by molar-refractivity contribution is 5.93. The molecule has 0 heterocycles. The molecule has 0 aliphatic rings. The monoisotopic (exact) mass is 407 g/mol. The van der Waals surface area contributed by atoms with Gasteiger partial charge in [0.1, 0.15) is 18.1 Å². The van der Waals surface area contributed by atoms with Gasteiger partial charge in [0.15, 0.2) is 18.1 Å². The van der Waals surface area contributed by atoms with Crippen LogP contribution in [-0.2, 0) is 11.4 Å². The largest absolute Gasteiger partial charge is 0.493 e. The van der Waals surface area contributed by atoms with E-state index in [1.807, 2.05) is 55.5 Å². The van der Waals surface area contributed by atoms with Crippen LogP contribution >= 0.6 is 0 Å². The third kappa shape index (κ3) is 5.67. The van der Waals surface area contributed by atoms with Crippen molar-refractivity contribution in [3.8, 4) is 23.0 Å². The predicted octanol–water partition coefficient (Wildman–Crippen LogP) is 4.61. The first-order chi connectivity index (χ1) is 14.6. The first-order valence-electron chi connectivity index (χ1n) is 9.51. The molecule has 0 atom stereocenters. The first-order valence-corrected chi connectivity index (χ1v) is 9.51. The minimum absolute atomic E-state index is 0.113. The van der Waals surface area contributed by atoms with Crippen LogP contribution in [0.4, 0.5) is 5.69 Å². The van der Waals surface area contributed by atoms with Crippen LogP contribution in [0.1, 0.15) is 11.1 Å². The fourth-order valence-corrected chi connectivity index (χ4v) is 2.82. The van der Waals surface area contributed by atoms with Crippen molar-refractivity contribution < 1.29 is 23.7 Å². The van der Waals surface area contributed by atoms with Gasteiger partial charge in [-0.1, -0.05) is 30.3 Å². The van der Waals surface area contributed by atoms with Gasteiger partial charge in [0.25, 0.3) is 5.91 Å². The van der Waals surface area contributed by atoms with E-state index in [1.165, 1.54) is 0 Å². The summed E-state index contributed by atoms with van der Waals surface area (Å²) in [5.41, 5.74) is 2.60. The molecule has 3 aromatic rings. The van der Waals surface area contributed by atoms with E-state index in [1.54, 1.807) is 32.4 Å². The van der Waals surface area contributed by atoms with Crippen LogP contribution in [0, 0.1) is 6.92 Å². The van der Waals surface area contributed by atoms with Crippen LogP contribution in [0.5, 0.6) is 23.0 Å². The number of carbonyl (C=O) groups is 1. The standard InChI is InChI=1S/C24H25NO5/c1-17-13-22(27-2)23(28-3)14-21(17)25-24(26)16-30-20-11-9-19(10-12-20)29-15-18-7-5-4-6-8-18/h4-14H,15-16H2,1-3H3,(H,25,26). The number of benzene rings is 3. The Kier molecular flexibility index (Phi) is 7.16. The van der Waals surface area contributed by atoms with Crippen LogP contribution in [0.3, 0.4) is 0 Å². The maximum Gasteiger partial charge on any atom is 0.262 e. The normalized spacial score (nSPS) is 10.2. The molecule has 0 saturated carbocycles. The lowest BCUT2D eigenvalue weighted by atomic mass is 10.1. The lowest BCUT2D eigenvalue weighted by Crippen LogP contribution is -2.20. The minimum atomic E-state index is -0.269. The zero-order valence-electron chi connectivity index (χ0n) is 17.3. The van der Waals surface area contributed by atoms with Crippen molar-refractivity contribution >= 4 is 11.6 Å². The fraction of sp³-hybridized carbons (Fsp3) is 0.208. The van der Waals surface area contributed by atoms with Crippen molar-refractivity contribution in [2.24, 2.45) is 0 Å². The Morgan fingerprint density at radius 2 is 1.43 bits per heavy atom. The number of rotatable bonds is 9. The first kappa shape index (κ1) is 21.0. The Bertz CT molecular complexity index is 971. The summed E-state index contributed by atoms with van der Waals surface area (Å²) in [6.45, 7) is 2.26. The Balaban J connectivity index is 1.51. The molecule has 0 fully saturated rings. The number of aryl methyl sites for hydroxylation is 1. The zero-order valence-corrected chi connectivity index (χ0v) is 17.3. The number of methoxy groups -OCH3 is 2. The van der Waals surface area contributed by atoms with Crippen molar-refractivity contribution in [2.75, 3.05) is 26.1 Å². The van der Waals surface area contributed by atoms with Gasteiger partial charge in [-0.05, 0) is 48.4 Å². The van der Waals surface area contributed by atoms with E-state index in [4.69, 9.17) is 18.9 Å². The van der Waals surface area contributed by atoms with Gasteiger partial charge in [0, 0.05) is 11.8 Å². The molecule has 156 valence electrons. The highest BCUT2D eigenvalue weighted by Crippen LogP contribution is 2.32. The van der Waals surface area contributed by atoms with Gasteiger partial charge in [-0.2, -0.15) is 0 Å². The number of amides is 1. The Hall–Kier alpha value is -3.67. The molecule has 1 amide bonds. The molecule has 3 rings (SSSR count). The second-order valence-electron chi connectivity index (χ2n) is 6.60. The zero-order chi connectivity index (χ0) is 21.3. The summed E-state index contributed by atoms with van der Waals surface area (Å²) in [6.07, 6.45) is 0. The SMILES string of the molecule is COc1cc(C)c(NC(=O)COc2ccc(OCc3ccccc3)cc2)cc1OC. The Labute approximate surface area is 176 Å². The van der Waals surface area contributed by atoms with Crippen molar-refractivity contribution in [1.82, 2.24) is 0 Å². The molecule has 0 aromatic heterocycles. The van der Waals surface area contributed by atoms with Crippen LogP contribution in [0.2, 0.25) is 0 Å². The lowest BCUT2D eigenvalue weighted by Gasteiger charge is -2.14.